The first kappa shape index (κ1) is 10.0. The van der Waals surface area contributed by atoms with E-state index in [0.29, 0.717) is 17.3 Å². The summed E-state index contributed by atoms with van der Waals surface area (Å²) in [6.45, 7) is 2.00. The van der Waals surface area contributed by atoms with Gasteiger partial charge in [0.05, 0.1) is 16.4 Å². The third-order valence-corrected chi connectivity index (χ3v) is 2.79. The molecule has 0 spiro atoms. The maximum absolute atomic E-state index is 5.75. The van der Waals surface area contributed by atoms with Gasteiger partial charge in [0.2, 0.25) is 0 Å². The van der Waals surface area contributed by atoms with Crippen molar-refractivity contribution in [1.82, 2.24) is 25.4 Å². The summed E-state index contributed by atoms with van der Waals surface area (Å²) in [4.78, 5) is 8.45. The highest BCUT2D eigenvalue weighted by Crippen LogP contribution is 2.24. The Hall–Kier alpha value is -1.50. The van der Waals surface area contributed by atoms with Gasteiger partial charge in [-0.3, -0.25) is 0 Å². The highest BCUT2D eigenvalue weighted by Gasteiger charge is 2.11. The average molecular weight is 269 g/mol. The second-order valence-corrected chi connectivity index (χ2v) is 3.69. The van der Waals surface area contributed by atoms with E-state index in [2.05, 4.69) is 41.3 Å². The topological polar surface area (TPSA) is 93.4 Å². The van der Waals surface area contributed by atoms with Gasteiger partial charge in [-0.15, -0.1) is 0 Å². The SMILES string of the molecule is CCc1nc(-c2cn[nH]n2)nc(N)c1Br. The van der Waals surface area contributed by atoms with Crippen molar-refractivity contribution in [1.29, 1.82) is 0 Å². The second-order valence-electron chi connectivity index (χ2n) is 2.90. The lowest BCUT2D eigenvalue weighted by molar-refractivity contribution is 0.933. The van der Waals surface area contributed by atoms with E-state index in [-0.39, 0.29) is 0 Å². The average Bonchev–Trinajstić information content (AvgIpc) is 2.75. The van der Waals surface area contributed by atoms with Crippen LogP contribution in [-0.2, 0) is 6.42 Å². The Bertz CT molecular complexity index is 466. The monoisotopic (exact) mass is 268 g/mol. The van der Waals surface area contributed by atoms with Crippen molar-refractivity contribution in [2.45, 2.75) is 13.3 Å². The van der Waals surface area contributed by atoms with E-state index in [1.807, 2.05) is 6.92 Å². The molecule has 0 aromatic carbocycles. The van der Waals surface area contributed by atoms with Crippen LogP contribution in [0.4, 0.5) is 5.82 Å². The summed E-state index contributed by atoms with van der Waals surface area (Å²) in [5, 5.41) is 10.1. The highest BCUT2D eigenvalue weighted by molar-refractivity contribution is 9.10. The van der Waals surface area contributed by atoms with Crippen molar-refractivity contribution in [2.75, 3.05) is 5.73 Å². The van der Waals surface area contributed by atoms with Gasteiger partial charge >= 0.3 is 0 Å². The summed E-state index contributed by atoms with van der Waals surface area (Å²) in [5.41, 5.74) is 7.20. The van der Waals surface area contributed by atoms with E-state index in [0.717, 1.165) is 16.6 Å². The fourth-order valence-corrected chi connectivity index (χ4v) is 1.63. The fourth-order valence-electron chi connectivity index (χ4n) is 1.17. The molecule has 78 valence electrons. The van der Waals surface area contributed by atoms with Crippen LogP contribution < -0.4 is 5.73 Å². The zero-order valence-corrected chi connectivity index (χ0v) is 9.61. The number of nitrogens with two attached hydrogens (primary N) is 1. The molecular formula is C8H9BrN6. The summed E-state index contributed by atoms with van der Waals surface area (Å²) >= 11 is 3.34. The first-order valence-corrected chi connectivity index (χ1v) is 5.19. The number of H-pyrrole nitrogens is 1. The van der Waals surface area contributed by atoms with Gasteiger partial charge in [-0.25, -0.2) is 9.97 Å². The van der Waals surface area contributed by atoms with Gasteiger partial charge in [0.25, 0.3) is 0 Å². The van der Waals surface area contributed by atoms with Gasteiger partial charge in [0.1, 0.15) is 11.5 Å². The van der Waals surface area contributed by atoms with Gasteiger partial charge in [-0.1, -0.05) is 6.92 Å². The zero-order chi connectivity index (χ0) is 10.8. The number of aromatic nitrogens is 5. The predicted octanol–water partition coefficient (Wildman–Crippen LogP) is 1.17. The molecule has 2 aromatic heterocycles. The van der Waals surface area contributed by atoms with Gasteiger partial charge in [0.15, 0.2) is 5.82 Å². The lowest BCUT2D eigenvalue weighted by atomic mass is 10.3. The zero-order valence-electron chi connectivity index (χ0n) is 8.03. The van der Waals surface area contributed by atoms with E-state index in [9.17, 15) is 0 Å². The Morgan fingerprint density at radius 2 is 2.27 bits per heavy atom. The van der Waals surface area contributed by atoms with Crippen LogP contribution in [-0.4, -0.2) is 25.4 Å². The van der Waals surface area contributed by atoms with Crippen LogP contribution in [0.2, 0.25) is 0 Å². The minimum Gasteiger partial charge on any atom is -0.383 e. The number of aryl methyl sites for hydroxylation is 1. The molecule has 0 saturated heterocycles. The number of anilines is 1. The predicted molar refractivity (Wildman–Crippen MR) is 58.9 cm³/mol. The Labute approximate surface area is 94.5 Å². The van der Waals surface area contributed by atoms with Gasteiger partial charge in [-0.05, 0) is 22.4 Å². The van der Waals surface area contributed by atoms with Crippen LogP contribution in [0.1, 0.15) is 12.6 Å². The first-order valence-electron chi connectivity index (χ1n) is 4.40. The molecule has 0 radical (unpaired) electrons. The van der Waals surface area contributed by atoms with Crippen molar-refractivity contribution in [3.8, 4) is 11.5 Å². The summed E-state index contributed by atoms with van der Waals surface area (Å²) < 4.78 is 0.747. The number of nitrogen functional groups attached to an aromatic ring is 1. The molecule has 15 heavy (non-hydrogen) atoms. The first-order chi connectivity index (χ1) is 7.22. The molecule has 0 aliphatic carbocycles. The standard InChI is InChI=1S/C8H9BrN6/c1-2-4-6(9)7(10)13-8(12-4)5-3-11-15-14-5/h3H,2H2,1H3,(H2,10,12,13)(H,11,14,15). The van der Waals surface area contributed by atoms with E-state index < -0.39 is 0 Å². The third kappa shape index (κ3) is 1.82. The molecule has 0 fully saturated rings. The van der Waals surface area contributed by atoms with Gasteiger partial charge in [0, 0.05) is 0 Å². The molecule has 3 N–H and O–H groups in total. The molecule has 2 aromatic rings. The maximum Gasteiger partial charge on any atom is 0.184 e. The number of nitrogens with zero attached hydrogens (tertiary/aromatic N) is 4. The maximum atomic E-state index is 5.75. The largest absolute Gasteiger partial charge is 0.383 e. The van der Waals surface area contributed by atoms with Gasteiger partial charge in [-0.2, -0.15) is 15.4 Å². The minimum atomic E-state index is 0.417. The summed E-state index contributed by atoms with van der Waals surface area (Å²) in [5.74, 6) is 0.904. The molecule has 7 heteroatoms. The number of nitrogens with one attached hydrogen (secondary N) is 1. The molecule has 0 saturated carbocycles. The van der Waals surface area contributed by atoms with E-state index in [1.54, 1.807) is 6.20 Å². The quantitative estimate of drug-likeness (QED) is 0.853. The third-order valence-electron chi connectivity index (χ3n) is 1.92. The number of aromatic amines is 1. The lowest BCUT2D eigenvalue weighted by Gasteiger charge is -2.04. The molecule has 6 nitrogen and oxygen atoms in total. The van der Waals surface area contributed by atoms with Crippen LogP contribution in [0.5, 0.6) is 0 Å². The van der Waals surface area contributed by atoms with Crippen molar-refractivity contribution in [2.24, 2.45) is 0 Å². The molecule has 0 atom stereocenters. The van der Waals surface area contributed by atoms with Crippen molar-refractivity contribution in [3.05, 3.63) is 16.4 Å². The lowest BCUT2D eigenvalue weighted by Crippen LogP contribution is -2.02. The molecule has 2 heterocycles. The van der Waals surface area contributed by atoms with Crippen LogP contribution >= 0.6 is 15.9 Å². The molecule has 0 aliphatic rings. The van der Waals surface area contributed by atoms with Crippen molar-refractivity contribution >= 4 is 21.7 Å². The Morgan fingerprint density at radius 1 is 1.47 bits per heavy atom. The minimum absolute atomic E-state index is 0.417. The molecular weight excluding hydrogens is 260 g/mol. The molecule has 0 bridgehead atoms. The fraction of sp³-hybridized carbons (Fsp3) is 0.250. The van der Waals surface area contributed by atoms with Crippen LogP contribution in [0.3, 0.4) is 0 Å². The molecule has 0 aliphatic heterocycles. The van der Waals surface area contributed by atoms with E-state index in [4.69, 9.17) is 5.73 Å². The second kappa shape index (κ2) is 3.93. The number of hydrogen-bond donors (Lipinski definition) is 2. The Kier molecular flexibility index (Phi) is 2.63. The van der Waals surface area contributed by atoms with Crippen LogP contribution in [0.25, 0.3) is 11.5 Å². The number of hydrogen-bond acceptors (Lipinski definition) is 5. The number of halogens is 1. The highest BCUT2D eigenvalue weighted by atomic mass is 79.9. The van der Waals surface area contributed by atoms with Gasteiger partial charge < -0.3 is 5.73 Å². The van der Waals surface area contributed by atoms with Crippen molar-refractivity contribution < 1.29 is 0 Å². The molecule has 2 rings (SSSR count). The van der Waals surface area contributed by atoms with E-state index >= 15 is 0 Å². The summed E-state index contributed by atoms with van der Waals surface area (Å²) in [6.07, 6.45) is 2.33. The molecule has 0 unspecified atom stereocenters. The normalized spacial score (nSPS) is 10.5. The van der Waals surface area contributed by atoms with Crippen LogP contribution in [0, 0.1) is 0 Å². The Balaban J connectivity index is 2.55. The summed E-state index contributed by atoms with van der Waals surface area (Å²) in [6, 6.07) is 0. The van der Waals surface area contributed by atoms with Crippen molar-refractivity contribution in [3.63, 3.8) is 0 Å². The number of rotatable bonds is 2. The molecule has 0 amide bonds. The van der Waals surface area contributed by atoms with E-state index in [1.165, 1.54) is 0 Å². The summed E-state index contributed by atoms with van der Waals surface area (Å²) in [7, 11) is 0. The smallest absolute Gasteiger partial charge is 0.184 e. The Morgan fingerprint density at radius 3 is 2.87 bits per heavy atom. The van der Waals surface area contributed by atoms with Crippen LogP contribution in [0.15, 0.2) is 10.7 Å².